The molecule has 0 fully saturated rings. The number of amides is 1. The molecule has 144 valence electrons. The Labute approximate surface area is 167 Å². The lowest BCUT2D eigenvalue weighted by atomic mass is 10.1. The fraction of sp³-hybridized carbons (Fsp3) is 0.316. The second-order valence-electron chi connectivity index (χ2n) is 5.93. The molecule has 0 unspecified atom stereocenters. The first-order valence-corrected chi connectivity index (χ1v) is 8.05. The Bertz CT molecular complexity index is 681. The third-order valence-corrected chi connectivity index (χ3v) is 3.60. The highest BCUT2D eigenvalue weighted by molar-refractivity contribution is 5.91. The summed E-state index contributed by atoms with van der Waals surface area (Å²) in [4.78, 5) is 14.2. The normalized spacial score (nSPS) is 9.81. The Hall–Kier alpha value is -1.95. The molecule has 0 aliphatic rings. The van der Waals surface area contributed by atoms with E-state index in [-0.39, 0.29) is 30.7 Å². The van der Waals surface area contributed by atoms with E-state index < -0.39 is 0 Å². The van der Waals surface area contributed by atoms with Gasteiger partial charge in [-0.15, -0.1) is 24.8 Å². The van der Waals surface area contributed by atoms with E-state index in [9.17, 15) is 4.79 Å². The molecule has 1 amide bonds. The van der Waals surface area contributed by atoms with Gasteiger partial charge in [0.15, 0.2) is 0 Å². The average Bonchev–Trinajstić information content (AvgIpc) is 2.54. The number of hydrogen-bond donors (Lipinski definition) is 2. The third-order valence-electron chi connectivity index (χ3n) is 3.60. The Morgan fingerprint density at radius 1 is 1.12 bits per heavy atom. The van der Waals surface area contributed by atoms with E-state index in [0.29, 0.717) is 19.4 Å². The minimum Gasteiger partial charge on any atom is -0.492 e. The summed E-state index contributed by atoms with van der Waals surface area (Å²) < 4.78 is 5.67. The van der Waals surface area contributed by atoms with Gasteiger partial charge >= 0.3 is 0 Å². The molecule has 0 aliphatic carbocycles. The van der Waals surface area contributed by atoms with E-state index in [1.807, 2.05) is 62.6 Å². The number of nitrogen functional groups attached to an aromatic ring is 1. The average molecular weight is 400 g/mol. The van der Waals surface area contributed by atoms with Gasteiger partial charge in [-0.05, 0) is 44.3 Å². The van der Waals surface area contributed by atoms with Crippen LogP contribution in [0.2, 0.25) is 0 Å². The summed E-state index contributed by atoms with van der Waals surface area (Å²) in [6, 6.07) is 15.1. The molecular formula is C19H27Cl2N3O2. The summed E-state index contributed by atoms with van der Waals surface area (Å²) in [6.45, 7) is 1.45. The predicted molar refractivity (Wildman–Crippen MR) is 113 cm³/mol. The quantitative estimate of drug-likeness (QED) is 0.665. The van der Waals surface area contributed by atoms with E-state index in [0.717, 1.165) is 29.2 Å². The van der Waals surface area contributed by atoms with Crippen LogP contribution in [0, 0.1) is 0 Å². The molecular weight excluding hydrogens is 373 g/mol. The van der Waals surface area contributed by atoms with Gasteiger partial charge in [-0.1, -0.05) is 24.3 Å². The zero-order chi connectivity index (χ0) is 17.4. The SMILES string of the molecule is CN(C)CCOc1cccc(NC(=O)CCc2ccccc2N)c1.Cl.Cl. The van der Waals surface area contributed by atoms with Crippen LogP contribution in [0.25, 0.3) is 0 Å². The smallest absolute Gasteiger partial charge is 0.224 e. The van der Waals surface area contributed by atoms with Crippen LogP contribution < -0.4 is 15.8 Å². The summed E-state index contributed by atoms with van der Waals surface area (Å²) in [5, 5.41) is 2.90. The molecule has 0 aliphatic heterocycles. The van der Waals surface area contributed by atoms with Crippen molar-refractivity contribution in [3.05, 3.63) is 54.1 Å². The summed E-state index contributed by atoms with van der Waals surface area (Å²) in [7, 11) is 4.00. The first kappa shape index (κ1) is 24.1. The van der Waals surface area contributed by atoms with Crippen molar-refractivity contribution in [2.75, 3.05) is 38.3 Å². The molecule has 7 heteroatoms. The van der Waals surface area contributed by atoms with Crippen molar-refractivity contribution in [1.29, 1.82) is 0 Å². The number of likely N-dealkylation sites (N-methyl/N-ethyl adjacent to an activating group) is 1. The van der Waals surface area contributed by atoms with Crippen LogP contribution in [0.15, 0.2) is 48.5 Å². The number of nitrogens with zero attached hydrogens (tertiary/aromatic N) is 1. The molecule has 2 aromatic rings. The number of ether oxygens (including phenoxy) is 1. The molecule has 0 atom stereocenters. The Balaban J connectivity index is 0.00000312. The monoisotopic (exact) mass is 399 g/mol. The number of benzene rings is 2. The number of halogens is 2. The number of carbonyl (C=O) groups is 1. The molecule has 3 N–H and O–H groups in total. The van der Waals surface area contributed by atoms with Crippen LogP contribution in [0.1, 0.15) is 12.0 Å². The molecule has 0 saturated heterocycles. The molecule has 2 rings (SSSR count). The van der Waals surface area contributed by atoms with Crippen molar-refractivity contribution >= 4 is 42.1 Å². The summed E-state index contributed by atoms with van der Waals surface area (Å²) in [5.74, 6) is 0.714. The Morgan fingerprint density at radius 2 is 1.85 bits per heavy atom. The lowest BCUT2D eigenvalue weighted by Crippen LogP contribution is -2.19. The molecule has 26 heavy (non-hydrogen) atoms. The number of carbonyl (C=O) groups excluding carboxylic acids is 1. The highest BCUT2D eigenvalue weighted by Crippen LogP contribution is 2.18. The van der Waals surface area contributed by atoms with Gasteiger partial charge in [-0.2, -0.15) is 0 Å². The van der Waals surface area contributed by atoms with Crippen molar-refractivity contribution in [2.45, 2.75) is 12.8 Å². The molecule has 0 aromatic heterocycles. The Morgan fingerprint density at radius 3 is 2.54 bits per heavy atom. The predicted octanol–water partition coefficient (Wildman–Crippen LogP) is 3.62. The van der Waals surface area contributed by atoms with Gasteiger partial charge in [0.05, 0.1) is 0 Å². The summed E-state index contributed by atoms with van der Waals surface area (Å²) in [5.41, 5.74) is 8.35. The van der Waals surface area contributed by atoms with Crippen LogP contribution in [0.3, 0.4) is 0 Å². The Kier molecular flexibility index (Phi) is 11.5. The molecule has 0 heterocycles. The minimum absolute atomic E-state index is 0. The zero-order valence-electron chi connectivity index (χ0n) is 15.1. The number of anilines is 2. The van der Waals surface area contributed by atoms with E-state index in [1.54, 1.807) is 0 Å². The standard InChI is InChI=1S/C19H25N3O2.2ClH/c1-22(2)12-13-24-17-8-5-7-16(14-17)21-19(23)11-10-15-6-3-4-9-18(15)20;;/h3-9,14H,10-13,20H2,1-2H3,(H,21,23);2*1H. The topological polar surface area (TPSA) is 67.6 Å². The number of nitrogens with two attached hydrogens (primary N) is 1. The lowest BCUT2D eigenvalue weighted by Gasteiger charge is -2.12. The maximum atomic E-state index is 12.1. The van der Waals surface area contributed by atoms with Gasteiger partial charge in [0, 0.05) is 30.4 Å². The second kappa shape index (κ2) is 12.4. The third kappa shape index (κ3) is 8.43. The van der Waals surface area contributed by atoms with Crippen LogP contribution in [0.4, 0.5) is 11.4 Å². The van der Waals surface area contributed by atoms with Gasteiger partial charge in [-0.3, -0.25) is 4.79 Å². The van der Waals surface area contributed by atoms with Gasteiger partial charge in [0.1, 0.15) is 12.4 Å². The van der Waals surface area contributed by atoms with Crippen LogP contribution >= 0.6 is 24.8 Å². The highest BCUT2D eigenvalue weighted by Gasteiger charge is 2.06. The van der Waals surface area contributed by atoms with Gasteiger partial charge in [0.25, 0.3) is 0 Å². The second-order valence-corrected chi connectivity index (χ2v) is 5.93. The first-order chi connectivity index (χ1) is 11.5. The van der Waals surface area contributed by atoms with Crippen LogP contribution in [-0.2, 0) is 11.2 Å². The fourth-order valence-corrected chi connectivity index (χ4v) is 2.24. The maximum absolute atomic E-state index is 12.1. The number of aryl methyl sites for hydroxylation is 1. The molecule has 0 spiro atoms. The van der Waals surface area contributed by atoms with Crippen molar-refractivity contribution in [2.24, 2.45) is 0 Å². The maximum Gasteiger partial charge on any atom is 0.224 e. The first-order valence-electron chi connectivity index (χ1n) is 8.05. The largest absolute Gasteiger partial charge is 0.492 e. The fourth-order valence-electron chi connectivity index (χ4n) is 2.24. The summed E-state index contributed by atoms with van der Waals surface area (Å²) >= 11 is 0. The van der Waals surface area contributed by atoms with Crippen LogP contribution in [-0.4, -0.2) is 38.1 Å². The van der Waals surface area contributed by atoms with E-state index in [4.69, 9.17) is 10.5 Å². The van der Waals surface area contributed by atoms with Crippen molar-refractivity contribution in [3.8, 4) is 5.75 Å². The molecule has 0 bridgehead atoms. The number of hydrogen-bond acceptors (Lipinski definition) is 4. The van der Waals surface area contributed by atoms with E-state index in [1.165, 1.54) is 0 Å². The van der Waals surface area contributed by atoms with E-state index in [2.05, 4.69) is 10.2 Å². The van der Waals surface area contributed by atoms with Crippen molar-refractivity contribution < 1.29 is 9.53 Å². The van der Waals surface area contributed by atoms with Gasteiger partial charge in [-0.25, -0.2) is 0 Å². The van der Waals surface area contributed by atoms with Crippen molar-refractivity contribution in [3.63, 3.8) is 0 Å². The van der Waals surface area contributed by atoms with Crippen LogP contribution in [0.5, 0.6) is 5.75 Å². The van der Waals surface area contributed by atoms with E-state index >= 15 is 0 Å². The molecule has 5 nitrogen and oxygen atoms in total. The van der Waals surface area contributed by atoms with Crippen molar-refractivity contribution in [1.82, 2.24) is 4.90 Å². The minimum atomic E-state index is -0.0382. The zero-order valence-corrected chi connectivity index (χ0v) is 16.7. The van der Waals surface area contributed by atoms with Gasteiger partial charge in [0.2, 0.25) is 5.91 Å². The summed E-state index contributed by atoms with van der Waals surface area (Å²) in [6.07, 6.45) is 1.01. The highest BCUT2D eigenvalue weighted by atomic mass is 35.5. The number of para-hydroxylation sites is 1. The number of rotatable bonds is 8. The molecule has 2 aromatic carbocycles. The van der Waals surface area contributed by atoms with Gasteiger partial charge < -0.3 is 20.7 Å². The molecule has 0 saturated carbocycles. The lowest BCUT2D eigenvalue weighted by molar-refractivity contribution is -0.116. The molecule has 0 radical (unpaired) electrons. The number of nitrogens with one attached hydrogen (secondary N) is 1.